The number of carboxylic acid groups (broad SMARTS) is 1. The molecule has 166 valence electrons. The van der Waals surface area contributed by atoms with E-state index in [4.69, 9.17) is 4.74 Å². The van der Waals surface area contributed by atoms with Gasteiger partial charge in [0.15, 0.2) is 6.61 Å². The van der Waals surface area contributed by atoms with Gasteiger partial charge >= 0.3 is 5.97 Å². The highest BCUT2D eigenvalue weighted by molar-refractivity contribution is 5.91. The van der Waals surface area contributed by atoms with Gasteiger partial charge in [0.2, 0.25) is 0 Å². The van der Waals surface area contributed by atoms with Crippen molar-refractivity contribution in [2.24, 2.45) is 0 Å². The van der Waals surface area contributed by atoms with Gasteiger partial charge in [-0.25, -0.2) is 0 Å². The largest absolute Gasteiger partial charge is 0.483 e. The SMILES string of the molecule is Cc1ccc(NC(=O)COc2ccccc2CNC[C@@H](CC(=O)O)c2ccccc2)cc1. The molecule has 0 aliphatic rings. The zero-order valence-corrected chi connectivity index (χ0v) is 18.1. The molecule has 0 saturated heterocycles. The summed E-state index contributed by atoms with van der Waals surface area (Å²) in [6.45, 7) is 2.90. The van der Waals surface area contributed by atoms with E-state index in [1.165, 1.54) is 0 Å². The summed E-state index contributed by atoms with van der Waals surface area (Å²) in [4.78, 5) is 23.5. The molecule has 0 radical (unpaired) electrons. The lowest BCUT2D eigenvalue weighted by atomic mass is 9.95. The second kappa shape index (κ2) is 11.7. The van der Waals surface area contributed by atoms with Crippen LogP contribution < -0.4 is 15.4 Å². The third kappa shape index (κ3) is 7.25. The maximum atomic E-state index is 12.2. The van der Waals surface area contributed by atoms with Gasteiger partial charge in [0.25, 0.3) is 5.91 Å². The molecule has 0 fully saturated rings. The van der Waals surface area contributed by atoms with Crippen molar-refractivity contribution in [3.05, 3.63) is 95.6 Å². The minimum atomic E-state index is -0.830. The van der Waals surface area contributed by atoms with E-state index >= 15 is 0 Å². The van der Waals surface area contributed by atoms with Crippen molar-refractivity contribution in [2.45, 2.75) is 25.8 Å². The first-order chi connectivity index (χ1) is 15.5. The van der Waals surface area contributed by atoms with Gasteiger partial charge in [-0.05, 0) is 30.7 Å². The maximum absolute atomic E-state index is 12.2. The second-order valence-electron chi connectivity index (χ2n) is 7.65. The van der Waals surface area contributed by atoms with Gasteiger partial charge in [0.1, 0.15) is 5.75 Å². The number of amides is 1. The van der Waals surface area contributed by atoms with Crippen LogP contribution >= 0.6 is 0 Å². The van der Waals surface area contributed by atoms with Gasteiger partial charge in [-0.1, -0.05) is 66.2 Å². The van der Waals surface area contributed by atoms with Gasteiger partial charge < -0.3 is 20.5 Å². The first kappa shape index (κ1) is 23.0. The Morgan fingerprint density at radius 3 is 2.34 bits per heavy atom. The first-order valence-electron chi connectivity index (χ1n) is 10.6. The fourth-order valence-electron chi connectivity index (χ4n) is 3.39. The monoisotopic (exact) mass is 432 g/mol. The normalized spacial score (nSPS) is 11.5. The fourth-order valence-corrected chi connectivity index (χ4v) is 3.39. The van der Waals surface area contributed by atoms with Crippen molar-refractivity contribution in [2.75, 3.05) is 18.5 Å². The minimum Gasteiger partial charge on any atom is -0.483 e. The number of para-hydroxylation sites is 1. The quantitative estimate of drug-likeness (QED) is 0.419. The van der Waals surface area contributed by atoms with E-state index < -0.39 is 5.97 Å². The lowest BCUT2D eigenvalue weighted by Gasteiger charge is -2.17. The molecule has 0 heterocycles. The summed E-state index contributed by atoms with van der Waals surface area (Å²) in [6, 6.07) is 24.7. The number of nitrogens with one attached hydrogen (secondary N) is 2. The summed E-state index contributed by atoms with van der Waals surface area (Å²) in [5.41, 5.74) is 3.74. The highest BCUT2D eigenvalue weighted by Crippen LogP contribution is 2.21. The Morgan fingerprint density at radius 2 is 1.62 bits per heavy atom. The number of carbonyl (C=O) groups is 2. The van der Waals surface area contributed by atoms with Gasteiger partial charge in [-0.15, -0.1) is 0 Å². The summed E-state index contributed by atoms with van der Waals surface area (Å²) in [5.74, 6) is -0.582. The molecule has 3 rings (SSSR count). The molecule has 0 aliphatic heterocycles. The van der Waals surface area contributed by atoms with Crippen LogP contribution in [0.25, 0.3) is 0 Å². The zero-order chi connectivity index (χ0) is 22.8. The molecule has 3 aromatic rings. The molecule has 0 aromatic heterocycles. The van der Waals surface area contributed by atoms with Crippen molar-refractivity contribution >= 4 is 17.6 Å². The summed E-state index contributed by atoms with van der Waals surface area (Å²) < 4.78 is 5.76. The van der Waals surface area contributed by atoms with Crippen LogP contribution in [0.15, 0.2) is 78.9 Å². The molecule has 0 spiro atoms. The Morgan fingerprint density at radius 1 is 0.938 bits per heavy atom. The molecular weight excluding hydrogens is 404 g/mol. The Balaban J connectivity index is 1.54. The number of rotatable bonds is 11. The summed E-state index contributed by atoms with van der Waals surface area (Å²) in [7, 11) is 0. The van der Waals surface area contributed by atoms with Crippen LogP contribution in [-0.2, 0) is 16.1 Å². The first-order valence-corrected chi connectivity index (χ1v) is 10.6. The molecular formula is C26H28N2O4. The smallest absolute Gasteiger partial charge is 0.304 e. The van der Waals surface area contributed by atoms with Crippen LogP contribution in [0.1, 0.15) is 29.0 Å². The lowest BCUT2D eigenvalue weighted by molar-refractivity contribution is -0.137. The van der Waals surface area contributed by atoms with Crippen LogP contribution in [0.4, 0.5) is 5.69 Å². The van der Waals surface area contributed by atoms with Crippen LogP contribution in [0.2, 0.25) is 0 Å². The van der Waals surface area contributed by atoms with Crippen molar-refractivity contribution in [3.8, 4) is 5.75 Å². The molecule has 0 unspecified atom stereocenters. The van der Waals surface area contributed by atoms with Crippen molar-refractivity contribution in [3.63, 3.8) is 0 Å². The molecule has 3 aromatic carbocycles. The molecule has 0 bridgehead atoms. The van der Waals surface area contributed by atoms with Crippen LogP contribution in [0.5, 0.6) is 5.75 Å². The van der Waals surface area contributed by atoms with E-state index in [2.05, 4.69) is 10.6 Å². The van der Waals surface area contributed by atoms with Gasteiger partial charge in [0.05, 0.1) is 6.42 Å². The molecule has 3 N–H and O–H groups in total. The number of aryl methyl sites for hydroxylation is 1. The summed E-state index contributed by atoms with van der Waals surface area (Å²) in [6.07, 6.45) is 0.0499. The number of hydrogen-bond acceptors (Lipinski definition) is 4. The van der Waals surface area contributed by atoms with Crippen LogP contribution in [-0.4, -0.2) is 30.1 Å². The van der Waals surface area contributed by atoms with Gasteiger partial charge in [-0.2, -0.15) is 0 Å². The Kier molecular flexibility index (Phi) is 8.40. The second-order valence-corrected chi connectivity index (χ2v) is 7.65. The van der Waals surface area contributed by atoms with Gasteiger partial charge in [0, 0.05) is 30.3 Å². The van der Waals surface area contributed by atoms with Gasteiger partial charge in [-0.3, -0.25) is 9.59 Å². The molecule has 6 nitrogen and oxygen atoms in total. The van der Waals surface area contributed by atoms with E-state index in [-0.39, 0.29) is 24.9 Å². The van der Waals surface area contributed by atoms with E-state index in [0.29, 0.717) is 18.8 Å². The number of hydrogen-bond donors (Lipinski definition) is 3. The average Bonchev–Trinajstić information content (AvgIpc) is 2.79. The third-order valence-corrected chi connectivity index (χ3v) is 5.06. The molecule has 32 heavy (non-hydrogen) atoms. The van der Waals surface area contributed by atoms with E-state index in [1.54, 1.807) is 0 Å². The van der Waals surface area contributed by atoms with Crippen LogP contribution in [0.3, 0.4) is 0 Å². The number of benzene rings is 3. The van der Waals surface area contributed by atoms with Crippen molar-refractivity contribution in [1.82, 2.24) is 5.32 Å². The van der Waals surface area contributed by atoms with Crippen molar-refractivity contribution in [1.29, 1.82) is 0 Å². The van der Waals surface area contributed by atoms with E-state index in [0.717, 1.165) is 22.4 Å². The Labute approximate surface area is 188 Å². The predicted octanol–water partition coefficient (Wildman–Crippen LogP) is 4.36. The standard InChI is InChI=1S/C26H28N2O4/c1-19-11-13-23(14-12-19)28-25(29)18-32-24-10-6-5-9-21(24)16-27-17-22(15-26(30)31)20-7-3-2-4-8-20/h2-14,22,27H,15-18H2,1H3,(H,28,29)(H,30,31)/t22-/m1/s1. The van der Waals surface area contributed by atoms with E-state index in [9.17, 15) is 14.7 Å². The number of carbonyl (C=O) groups excluding carboxylic acids is 1. The number of carboxylic acids is 1. The topological polar surface area (TPSA) is 87.7 Å². The molecule has 0 saturated carbocycles. The zero-order valence-electron chi connectivity index (χ0n) is 18.1. The third-order valence-electron chi connectivity index (χ3n) is 5.06. The molecule has 6 heteroatoms. The highest BCUT2D eigenvalue weighted by atomic mass is 16.5. The minimum absolute atomic E-state index is 0.0499. The highest BCUT2D eigenvalue weighted by Gasteiger charge is 2.15. The van der Waals surface area contributed by atoms with E-state index in [1.807, 2.05) is 85.8 Å². The Bertz CT molecular complexity index is 1020. The molecule has 0 aliphatic carbocycles. The molecule has 1 amide bonds. The average molecular weight is 433 g/mol. The fraction of sp³-hybridized carbons (Fsp3) is 0.231. The number of aliphatic carboxylic acids is 1. The summed E-state index contributed by atoms with van der Waals surface area (Å²) >= 11 is 0. The number of ether oxygens (including phenoxy) is 1. The Hall–Kier alpha value is -3.64. The maximum Gasteiger partial charge on any atom is 0.304 e. The number of anilines is 1. The predicted molar refractivity (Wildman–Crippen MR) is 125 cm³/mol. The van der Waals surface area contributed by atoms with Crippen LogP contribution in [0, 0.1) is 6.92 Å². The molecule has 1 atom stereocenters. The lowest BCUT2D eigenvalue weighted by Crippen LogP contribution is -2.24. The van der Waals surface area contributed by atoms with Crippen molar-refractivity contribution < 1.29 is 19.4 Å². The summed E-state index contributed by atoms with van der Waals surface area (Å²) in [5, 5.41) is 15.4.